The van der Waals surface area contributed by atoms with Crippen molar-refractivity contribution in [2.75, 3.05) is 5.32 Å². The number of allylic oxidation sites excluding steroid dienone is 1. The van der Waals surface area contributed by atoms with Crippen LogP contribution >= 0.6 is 11.5 Å². The van der Waals surface area contributed by atoms with Crippen LogP contribution in [-0.2, 0) is 14.4 Å². The number of nitrogens with zero attached hydrogens (tertiary/aromatic N) is 3. The highest BCUT2D eigenvalue weighted by Crippen LogP contribution is 2.14. The normalized spacial score (nSPS) is 18.9. The topological polar surface area (TPSA) is 93.5 Å². The molecule has 1 atom stereocenters. The summed E-state index contributed by atoms with van der Waals surface area (Å²) in [6.07, 6.45) is 8.81. The Bertz CT molecular complexity index is 512. The molecule has 2 rings (SSSR count). The summed E-state index contributed by atoms with van der Waals surface area (Å²) in [5.41, 5.74) is -0.117. The highest BCUT2D eigenvalue weighted by atomic mass is 32.1. The first kappa shape index (κ1) is 13.3. The van der Waals surface area contributed by atoms with Crippen LogP contribution in [0.5, 0.6) is 0 Å². The van der Waals surface area contributed by atoms with Gasteiger partial charge in [-0.1, -0.05) is 11.2 Å². The van der Waals surface area contributed by atoms with Gasteiger partial charge < -0.3 is 10.2 Å². The van der Waals surface area contributed by atoms with Crippen LogP contribution in [0.4, 0.5) is 5.13 Å². The van der Waals surface area contributed by atoms with E-state index < -0.39 is 0 Å². The van der Waals surface area contributed by atoms with E-state index >= 15 is 0 Å². The van der Waals surface area contributed by atoms with Gasteiger partial charge in [-0.25, -0.2) is 0 Å². The van der Waals surface area contributed by atoms with E-state index in [1.807, 2.05) is 12.2 Å². The van der Waals surface area contributed by atoms with Crippen LogP contribution < -0.4 is 5.32 Å². The molecule has 1 aromatic heterocycles. The molecule has 1 amide bonds. The molecule has 99 valence electrons. The summed E-state index contributed by atoms with van der Waals surface area (Å²) < 4.78 is 3.89. The third-order valence-electron chi connectivity index (χ3n) is 2.41. The van der Waals surface area contributed by atoms with Crippen LogP contribution in [0.1, 0.15) is 25.1 Å². The van der Waals surface area contributed by atoms with Crippen LogP contribution in [0.15, 0.2) is 17.3 Å². The number of rotatable bonds is 6. The number of carbonyl (C=O) groups excluding carboxylic acids is 2. The van der Waals surface area contributed by atoms with E-state index in [-0.39, 0.29) is 22.8 Å². The molecule has 7 nitrogen and oxygen atoms in total. The maximum Gasteiger partial charge on any atom is 0.261 e. The van der Waals surface area contributed by atoms with Crippen molar-refractivity contribution in [3.63, 3.8) is 0 Å². The molecule has 0 bridgehead atoms. The number of anilines is 1. The lowest BCUT2D eigenvalue weighted by Gasteiger charge is -2.13. The summed E-state index contributed by atoms with van der Waals surface area (Å²) in [7, 11) is 0. The molecule has 1 aliphatic carbocycles. The second-order valence-electron chi connectivity index (χ2n) is 3.73. The Morgan fingerprint density at radius 3 is 3.26 bits per heavy atom. The summed E-state index contributed by atoms with van der Waals surface area (Å²) in [5.74, 6) is 0.0872. The van der Waals surface area contributed by atoms with Crippen molar-refractivity contribution in [1.29, 1.82) is 0 Å². The van der Waals surface area contributed by atoms with Crippen LogP contribution in [0.25, 0.3) is 0 Å². The highest BCUT2D eigenvalue weighted by molar-refractivity contribution is 7.10. The second-order valence-corrected chi connectivity index (χ2v) is 4.48. The standard InChI is InChI=1S/C11H11N4O3S/c16-6-9(10-13-11(12-7-17)19-15-10)14-18-8-4-2-1-3-5-8/h2,4,7-8H,1,3,5H2,(H,12,13,15,17)/b14-9+. The molecule has 1 unspecified atom stereocenters. The molecule has 0 aromatic carbocycles. The molecule has 0 spiro atoms. The fourth-order valence-corrected chi connectivity index (χ4v) is 2.05. The number of carbonyl (C=O) groups is 1. The zero-order valence-electron chi connectivity index (χ0n) is 9.91. The minimum atomic E-state index is -0.136. The molecule has 0 saturated heterocycles. The minimum absolute atomic E-state index is 0.0872. The van der Waals surface area contributed by atoms with Crippen molar-refractivity contribution < 1.29 is 14.4 Å². The number of nitrogens with one attached hydrogen (secondary N) is 1. The summed E-state index contributed by atoms with van der Waals surface area (Å²) in [6, 6.07) is 0. The van der Waals surface area contributed by atoms with Gasteiger partial charge in [0.25, 0.3) is 6.29 Å². The van der Waals surface area contributed by atoms with Crippen molar-refractivity contribution >= 4 is 35.1 Å². The van der Waals surface area contributed by atoms with Crippen LogP contribution in [0, 0.1) is 0 Å². The molecule has 1 radical (unpaired) electrons. The number of hydrogen-bond acceptors (Lipinski definition) is 7. The number of aromatic nitrogens is 2. The maximum absolute atomic E-state index is 10.8. The van der Waals surface area contributed by atoms with Gasteiger partial charge >= 0.3 is 0 Å². The predicted molar refractivity (Wildman–Crippen MR) is 69.7 cm³/mol. The smallest absolute Gasteiger partial charge is 0.261 e. The number of amides is 1. The molecule has 0 fully saturated rings. The van der Waals surface area contributed by atoms with Gasteiger partial charge in [0.2, 0.25) is 17.4 Å². The van der Waals surface area contributed by atoms with Crippen molar-refractivity contribution in [2.45, 2.75) is 25.4 Å². The molecule has 1 heterocycles. The Balaban J connectivity index is 2.04. The molecule has 8 heteroatoms. The molecule has 1 N–H and O–H groups in total. The van der Waals surface area contributed by atoms with Crippen molar-refractivity contribution in [3.05, 3.63) is 18.0 Å². The van der Waals surface area contributed by atoms with E-state index in [1.54, 1.807) is 6.29 Å². The van der Waals surface area contributed by atoms with E-state index in [0.717, 1.165) is 30.8 Å². The lowest BCUT2D eigenvalue weighted by atomic mass is 10.1. The van der Waals surface area contributed by atoms with Gasteiger partial charge in [-0.15, -0.1) is 0 Å². The summed E-state index contributed by atoms with van der Waals surface area (Å²) in [6.45, 7) is 0. The first-order valence-electron chi connectivity index (χ1n) is 5.66. The first-order valence-corrected chi connectivity index (χ1v) is 6.43. The lowest BCUT2D eigenvalue weighted by molar-refractivity contribution is -0.105. The largest absolute Gasteiger partial charge is 0.388 e. The highest BCUT2D eigenvalue weighted by Gasteiger charge is 2.14. The van der Waals surface area contributed by atoms with Crippen molar-refractivity contribution in [1.82, 2.24) is 9.36 Å². The van der Waals surface area contributed by atoms with E-state index in [1.165, 1.54) is 0 Å². The molecular weight excluding hydrogens is 268 g/mol. The molecule has 0 saturated carbocycles. The summed E-state index contributed by atoms with van der Waals surface area (Å²) in [4.78, 5) is 30.2. The fraction of sp³-hybridized carbons (Fsp3) is 0.364. The third-order valence-corrected chi connectivity index (χ3v) is 3.05. The van der Waals surface area contributed by atoms with Crippen LogP contribution in [-0.4, -0.2) is 33.9 Å². The van der Waals surface area contributed by atoms with Gasteiger partial charge in [-0.05, 0) is 25.3 Å². The van der Waals surface area contributed by atoms with Crippen LogP contribution in [0.2, 0.25) is 0 Å². The molecule has 1 aliphatic rings. The number of hydrogen-bond donors (Lipinski definition) is 1. The Labute approximate surface area is 113 Å². The second kappa shape index (κ2) is 6.74. The quantitative estimate of drug-likeness (QED) is 0.363. The van der Waals surface area contributed by atoms with E-state index in [9.17, 15) is 9.59 Å². The zero-order valence-corrected chi connectivity index (χ0v) is 10.7. The van der Waals surface area contributed by atoms with E-state index in [4.69, 9.17) is 4.84 Å². The molecular formula is C11H11N4O3S. The first-order chi connectivity index (χ1) is 9.33. The van der Waals surface area contributed by atoms with E-state index in [2.05, 4.69) is 19.8 Å². The van der Waals surface area contributed by atoms with Gasteiger partial charge in [0.15, 0.2) is 5.71 Å². The summed E-state index contributed by atoms with van der Waals surface area (Å²) in [5, 5.41) is 6.34. The Morgan fingerprint density at radius 1 is 1.68 bits per heavy atom. The Kier molecular flexibility index (Phi) is 4.73. The number of oxime groups is 1. The van der Waals surface area contributed by atoms with Crippen molar-refractivity contribution in [2.24, 2.45) is 5.16 Å². The lowest BCUT2D eigenvalue weighted by Crippen LogP contribution is -2.13. The van der Waals surface area contributed by atoms with Gasteiger partial charge in [-0.3, -0.25) is 9.59 Å². The molecule has 1 aromatic rings. The predicted octanol–water partition coefficient (Wildman–Crippen LogP) is 1.05. The zero-order chi connectivity index (χ0) is 13.5. The van der Waals surface area contributed by atoms with Gasteiger partial charge in [0.1, 0.15) is 6.10 Å². The van der Waals surface area contributed by atoms with E-state index in [0.29, 0.717) is 6.41 Å². The Morgan fingerprint density at radius 2 is 2.58 bits per heavy atom. The fourth-order valence-electron chi connectivity index (χ4n) is 1.52. The SMILES string of the molecule is O=[C]/C(=N\OC1C=CCCC1)c1nsc(NC=O)n1. The van der Waals surface area contributed by atoms with Gasteiger partial charge in [-0.2, -0.15) is 9.36 Å². The van der Waals surface area contributed by atoms with Gasteiger partial charge in [0.05, 0.1) is 0 Å². The average Bonchev–Trinajstić information content (AvgIpc) is 2.90. The monoisotopic (exact) mass is 279 g/mol. The van der Waals surface area contributed by atoms with Crippen molar-refractivity contribution in [3.8, 4) is 0 Å². The molecule has 0 aliphatic heterocycles. The maximum atomic E-state index is 10.8. The molecule has 19 heavy (non-hydrogen) atoms. The minimum Gasteiger partial charge on any atom is -0.388 e. The summed E-state index contributed by atoms with van der Waals surface area (Å²) >= 11 is 0.947. The average molecular weight is 279 g/mol. The van der Waals surface area contributed by atoms with Crippen LogP contribution in [0.3, 0.4) is 0 Å². The third kappa shape index (κ3) is 3.68. The van der Waals surface area contributed by atoms with Gasteiger partial charge in [0, 0.05) is 11.5 Å². The Hall–Kier alpha value is -2.09.